The van der Waals surface area contributed by atoms with E-state index in [1.807, 2.05) is 0 Å². The van der Waals surface area contributed by atoms with Gasteiger partial charge in [-0.2, -0.15) is 0 Å². The van der Waals surface area contributed by atoms with Crippen molar-refractivity contribution in [1.29, 1.82) is 0 Å². The van der Waals surface area contributed by atoms with E-state index in [1.165, 1.54) is 17.2 Å². The highest BCUT2D eigenvalue weighted by Crippen LogP contribution is 2.28. The first-order valence-corrected chi connectivity index (χ1v) is 7.54. The highest BCUT2D eigenvalue weighted by atomic mass is 19.1. The van der Waals surface area contributed by atoms with Crippen LogP contribution in [0.4, 0.5) is 10.1 Å². The second-order valence-electron chi connectivity index (χ2n) is 5.82. The minimum Gasteiger partial charge on any atom is -0.477 e. The number of hydrogen-bond donors (Lipinski definition) is 3. The Morgan fingerprint density at radius 2 is 1.92 bits per heavy atom. The minimum absolute atomic E-state index is 0.0155. The van der Waals surface area contributed by atoms with Gasteiger partial charge >= 0.3 is 5.97 Å². The quantitative estimate of drug-likeness (QED) is 0.750. The number of aromatic carboxylic acids is 1. The van der Waals surface area contributed by atoms with E-state index < -0.39 is 35.0 Å². The number of pyridine rings is 1. The second kappa shape index (κ2) is 5.88. The molecule has 1 aromatic heterocycles. The molecule has 3 N–H and O–H groups in total. The van der Waals surface area contributed by atoms with Gasteiger partial charge in [0.05, 0.1) is 23.4 Å². The maximum Gasteiger partial charge on any atom is 0.341 e. The van der Waals surface area contributed by atoms with Crippen molar-refractivity contribution >= 4 is 22.6 Å². The van der Waals surface area contributed by atoms with E-state index in [0.29, 0.717) is 12.1 Å². The van der Waals surface area contributed by atoms with Crippen LogP contribution in [0.1, 0.15) is 17.3 Å². The van der Waals surface area contributed by atoms with Crippen LogP contribution in [0.2, 0.25) is 0 Å². The zero-order chi connectivity index (χ0) is 17.6. The molecule has 128 valence electrons. The first-order chi connectivity index (χ1) is 11.3. The molecule has 1 saturated heterocycles. The Morgan fingerprint density at radius 1 is 1.29 bits per heavy atom. The van der Waals surface area contributed by atoms with Crippen molar-refractivity contribution in [2.45, 2.75) is 25.7 Å². The van der Waals surface area contributed by atoms with E-state index in [2.05, 4.69) is 0 Å². The van der Waals surface area contributed by atoms with E-state index in [4.69, 9.17) is 5.11 Å². The fourth-order valence-corrected chi connectivity index (χ4v) is 3.02. The fraction of sp³-hybridized carbons (Fsp3) is 0.375. The number of hydrogen-bond acceptors (Lipinski definition) is 5. The Bertz CT molecular complexity index is 869. The first-order valence-electron chi connectivity index (χ1n) is 7.54. The summed E-state index contributed by atoms with van der Waals surface area (Å²) in [5.74, 6) is -2.06. The Kier molecular flexibility index (Phi) is 4.02. The summed E-state index contributed by atoms with van der Waals surface area (Å²) in [5, 5.41) is 28.4. The Balaban J connectivity index is 2.23. The molecule has 8 heteroatoms. The molecular weight excluding hydrogens is 319 g/mol. The lowest BCUT2D eigenvalue weighted by Gasteiger charge is -2.20. The highest BCUT2D eigenvalue weighted by Gasteiger charge is 2.31. The molecule has 0 aliphatic carbocycles. The monoisotopic (exact) mass is 336 g/mol. The molecule has 1 aliphatic rings. The predicted octanol–water partition coefficient (Wildman–Crippen LogP) is 0.401. The largest absolute Gasteiger partial charge is 0.477 e. The average molecular weight is 336 g/mol. The Morgan fingerprint density at radius 3 is 2.46 bits per heavy atom. The van der Waals surface area contributed by atoms with Crippen LogP contribution in [0.3, 0.4) is 0 Å². The summed E-state index contributed by atoms with van der Waals surface area (Å²) in [6.45, 7) is 2.33. The van der Waals surface area contributed by atoms with Gasteiger partial charge in [0.1, 0.15) is 11.4 Å². The van der Waals surface area contributed by atoms with Crippen LogP contribution in [0.25, 0.3) is 10.9 Å². The number of aliphatic hydroxyl groups is 2. The molecule has 3 rings (SSSR count). The summed E-state index contributed by atoms with van der Waals surface area (Å²) >= 11 is 0. The lowest BCUT2D eigenvalue weighted by atomic mass is 10.1. The van der Waals surface area contributed by atoms with Crippen molar-refractivity contribution in [3.05, 3.63) is 39.9 Å². The normalized spacial score (nSPS) is 20.8. The number of aryl methyl sites for hydroxylation is 1. The number of carboxylic acid groups (broad SMARTS) is 1. The molecule has 0 radical (unpaired) electrons. The van der Waals surface area contributed by atoms with Gasteiger partial charge in [-0.05, 0) is 19.1 Å². The van der Waals surface area contributed by atoms with Crippen LogP contribution < -0.4 is 10.3 Å². The number of aliphatic hydroxyl groups excluding tert-OH is 2. The van der Waals surface area contributed by atoms with Crippen LogP contribution in [0.5, 0.6) is 0 Å². The molecule has 0 bridgehead atoms. The first kappa shape index (κ1) is 16.4. The van der Waals surface area contributed by atoms with Crippen molar-refractivity contribution in [2.24, 2.45) is 0 Å². The van der Waals surface area contributed by atoms with E-state index in [9.17, 15) is 24.2 Å². The molecule has 2 unspecified atom stereocenters. The van der Waals surface area contributed by atoms with Gasteiger partial charge in [-0.3, -0.25) is 4.79 Å². The van der Waals surface area contributed by atoms with Crippen molar-refractivity contribution in [3.63, 3.8) is 0 Å². The van der Waals surface area contributed by atoms with Crippen molar-refractivity contribution in [1.82, 2.24) is 4.57 Å². The summed E-state index contributed by atoms with van der Waals surface area (Å²) in [5.41, 5.74) is -0.597. The van der Waals surface area contributed by atoms with Crippen LogP contribution in [-0.4, -0.2) is 51.2 Å². The smallest absolute Gasteiger partial charge is 0.341 e. The predicted molar refractivity (Wildman–Crippen MR) is 85.0 cm³/mol. The number of anilines is 1. The van der Waals surface area contributed by atoms with E-state index in [0.717, 1.165) is 6.07 Å². The lowest BCUT2D eigenvalue weighted by Crippen LogP contribution is -2.23. The van der Waals surface area contributed by atoms with Crippen LogP contribution in [0, 0.1) is 5.82 Å². The van der Waals surface area contributed by atoms with Crippen LogP contribution >= 0.6 is 0 Å². The molecule has 2 heterocycles. The van der Waals surface area contributed by atoms with E-state index >= 15 is 0 Å². The van der Waals surface area contributed by atoms with E-state index in [-0.39, 0.29) is 24.2 Å². The van der Waals surface area contributed by atoms with Crippen LogP contribution in [-0.2, 0) is 6.54 Å². The molecule has 2 atom stereocenters. The van der Waals surface area contributed by atoms with Crippen molar-refractivity contribution in [3.8, 4) is 0 Å². The standard InChI is InChI=1S/C16H17FN2O5/c1-2-18-5-9(16(23)24)15(22)8-3-10(17)12(4-11(8)18)19-6-13(20)14(21)7-19/h3-5,13-14,20-21H,2,6-7H2,1H3,(H,23,24). The third-order valence-electron chi connectivity index (χ3n) is 4.32. The van der Waals surface area contributed by atoms with Gasteiger partial charge in [-0.15, -0.1) is 0 Å². The van der Waals surface area contributed by atoms with Gasteiger partial charge < -0.3 is 24.8 Å². The molecule has 7 nitrogen and oxygen atoms in total. The SMILES string of the molecule is CCn1cc(C(=O)O)c(=O)c2cc(F)c(N3CC(O)C(O)C3)cc21. The van der Waals surface area contributed by atoms with Gasteiger partial charge in [0.25, 0.3) is 0 Å². The number of β-amino-alcohol motifs (C(OH)–C–C–N with tert-alkyl or cyclic N) is 2. The molecule has 24 heavy (non-hydrogen) atoms. The van der Waals surface area contributed by atoms with Crippen molar-refractivity contribution < 1.29 is 24.5 Å². The molecule has 1 aromatic carbocycles. The lowest BCUT2D eigenvalue weighted by molar-refractivity contribution is 0.0572. The summed E-state index contributed by atoms with van der Waals surface area (Å²) in [7, 11) is 0. The average Bonchev–Trinajstić information content (AvgIpc) is 2.86. The molecule has 1 fully saturated rings. The molecule has 1 aliphatic heterocycles. The maximum absolute atomic E-state index is 14.5. The second-order valence-corrected chi connectivity index (χ2v) is 5.82. The topological polar surface area (TPSA) is 103 Å². The summed E-state index contributed by atoms with van der Waals surface area (Å²) in [6.07, 6.45) is -0.701. The number of carboxylic acids is 1. The Labute approximate surface area is 136 Å². The zero-order valence-corrected chi connectivity index (χ0v) is 12.9. The number of rotatable bonds is 3. The number of carbonyl (C=O) groups is 1. The summed E-state index contributed by atoms with van der Waals surface area (Å²) in [4.78, 5) is 25.0. The highest BCUT2D eigenvalue weighted by molar-refractivity contribution is 5.93. The third-order valence-corrected chi connectivity index (χ3v) is 4.32. The Hall–Kier alpha value is -2.45. The van der Waals surface area contributed by atoms with E-state index in [1.54, 1.807) is 11.5 Å². The van der Waals surface area contributed by atoms with Crippen LogP contribution in [0.15, 0.2) is 23.1 Å². The van der Waals surface area contributed by atoms with Gasteiger partial charge in [-0.25, -0.2) is 9.18 Å². The van der Waals surface area contributed by atoms with Crippen molar-refractivity contribution in [2.75, 3.05) is 18.0 Å². The van der Waals surface area contributed by atoms with Gasteiger partial charge in [0, 0.05) is 31.2 Å². The van der Waals surface area contributed by atoms with Gasteiger partial charge in [-0.1, -0.05) is 0 Å². The number of nitrogens with zero attached hydrogens (tertiary/aromatic N) is 2. The zero-order valence-electron chi connectivity index (χ0n) is 12.9. The molecule has 2 aromatic rings. The van der Waals surface area contributed by atoms with Gasteiger partial charge in [0.15, 0.2) is 0 Å². The third kappa shape index (κ3) is 2.53. The fourth-order valence-electron chi connectivity index (χ4n) is 3.02. The summed E-state index contributed by atoms with van der Waals surface area (Å²) < 4.78 is 16.0. The molecule has 0 saturated carbocycles. The number of fused-ring (bicyclic) bond motifs is 1. The van der Waals surface area contributed by atoms with Gasteiger partial charge in [0.2, 0.25) is 5.43 Å². The maximum atomic E-state index is 14.5. The molecule has 0 amide bonds. The molecule has 0 spiro atoms. The number of halogens is 1. The number of benzene rings is 1. The minimum atomic E-state index is -1.36. The number of aromatic nitrogens is 1. The molecular formula is C16H17FN2O5. The summed E-state index contributed by atoms with van der Waals surface area (Å²) in [6, 6.07) is 2.47.